The number of rotatable bonds is 1. The molecule has 0 saturated heterocycles. The number of nitrogens with zero attached hydrogens (tertiary/aromatic N) is 1. The average molecular weight is 282 g/mol. The Morgan fingerprint density at radius 2 is 2.10 bits per heavy atom. The summed E-state index contributed by atoms with van der Waals surface area (Å²) in [5.41, 5.74) is 2.12. The van der Waals surface area contributed by atoms with Gasteiger partial charge in [-0.2, -0.15) is 0 Å². The second-order valence-corrected chi connectivity index (χ2v) is 5.92. The van der Waals surface area contributed by atoms with E-state index < -0.39 is 0 Å². The third kappa shape index (κ3) is 2.07. The Kier molecular flexibility index (Phi) is 2.90. The average Bonchev–Trinajstić information content (AvgIpc) is 2.78. The minimum Gasteiger partial charge on any atom is -0.476 e. The summed E-state index contributed by atoms with van der Waals surface area (Å²) in [6.45, 7) is 2.37. The van der Waals surface area contributed by atoms with Gasteiger partial charge < -0.3 is 10.1 Å². The summed E-state index contributed by atoms with van der Waals surface area (Å²) in [7, 11) is 0. The Bertz CT molecular complexity index is 733. The van der Waals surface area contributed by atoms with E-state index >= 15 is 0 Å². The van der Waals surface area contributed by atoms with Crippen LogP contribution in [0.25, 0.3) is 20.7 Å². The topological polar surface area (TPSA) is 34.1 Å². The maximum atomic E-state index is 5.72. The van der Waals surface area contributed by atoms with Crippen molar-refractivity contribution < 1.29 is 4.74 Å². The molecule has 0 unspecified atom stereocenters. The van der Waals surface area contributed by atoms with Crippen LogP contribution >= 0.6 is 11.3 Å². The molecular formula is C16H14N2OS. The maximum Gasteiger partial charge on any atom is 0.218 e. The Labute approximate surface area is 121 Å². The number of hydrogen-bond donors (Lipinski definition) is 1. The lowest BCUT2D eigenvalue weighted by atomic mass is 10.2. The van der Waals surface area contributed by atoms with Crippen LogP contribution in [0.15, 0.2) is 42.5 Å². The fourth-order valence-corrected chi connectivity index (χ4v) is 3.45. The highest BCUT2D eigenvalue weighted by molar-refractivity contribution is 7.22. The van der Waals surface area contributed by atoms with Crippen molar-refractivity contribution in [1.82, 2.24) is 10.3 Å². The van der Waals surface area contributed by atoms with E-state index in [9.17, 15) is 0 Å². The second kappa shape index (κ2) is 4.89. The van der Waals surface area contributed by atoms with Gasteiger partial charge in [-0.15, -0.1) is 11.3 Å². The predicted octanol–water partition coefficient (Wildman–Crippen LogP) is 3.45. The van der Waals surface area contributed by atoms with Gasteiger partial charge in [0.25, 0.3) is 0 Å². The van der Waals surface area contributed by atoms with Gasteiger partial charge in [-0.25, -0.2) is 4.98 Å². The fourth-order valence-electron chi connectivity index (χ4n) is 2.42. The number of aromatic nitrogens is 1. The molecule has 3 heterocycles. The monoisotopic (exact) mass is 282 g/mol. The Morgan fingerprint density at radius 1 is 1.15 bits per heavy atom. The maximum absolute atomic E-state index is 5.72. The molecule has 0 amide bonds. The highest BCUT2D eigenvalue weighted by Gasteiger charge is 2.12. The molecule has 1 aliphatic rings. The molecule has 20 heavy (non-hydrogen) atoms. The molecule has 0 atom stereocenters. The van der Waals surface area contributed by atoms with Crippen molar-refractivity contribution in [3.8, 4) is 16.5 Å². The molecular weight excluding hydrogens is 268 g/mol. The third-order valence-electron chi connectivity index (χ3n) is 3.45. The Hall–Kier alpha value is -1.91. The molecule has 1 N–H and O–H groups in total. The van der Waals surface area contributed by atoms with Gasteiger partial charge in [0.15, 0.2) is 0 Å². The molecule has 100 valence electrons. The van der Waals surface area contributed by atoms with Gasteiger partial charge >= 0.3 is 0 Å². The standard InChI is InChI=1S/C16H14N2OS/c1-2-4-14-11(3-1)9-15(20-14)13-6-5-12-10-17-7-8-19-16(12)18-13/h1-6,9,17H,7-8,10H2. The molecule has 4 heteroatoms. The summed E-state index contributed by atoms with van der Waals surface area (Å²) in [4.78, 5) is 5.88. The normalized spacial score (nSPS) is 14.6. The molecule has 0 saturated carbocycles. The molecule has 0 fully saturated rings. The number of hydrogen-bond acceptors (Lipinski definition) is 4. The summed E-state index contributed by atoms with van der Waals surface area (Å²) < 4.78 is 7.01. The fraction of sp³-hybridized carbons (Fsp3) is 0.188. The minimum atomic E-state index is 0.676. The first kappa shape index (κ1) is 11.9. The van der Waals surface area contributed by atoms with Gasteiger partial charge in [-0.1, -0.05) is 24.3 Å². The molecule has 1 aliphatic heterocycles. The van der Waals surface area contributed by atoms with E-state index in [2.05, 4.69) is 52.8 Å². The van der Waals surface area contributed by atoms with E-state index in [1.807, 2.05) is 0 Å². The molecule has 3 aromatic rings. The number of ether oxygens (including phenoxy) is 1. The largest absolute Gasteiger partial charge is 0.476 e. The van der Waals surface area contributed by atoms with Crippen LogP contribution in [0.1, 0.15) is 5.56 Å². The van der Waals surface area contributed by atoms with Crippen LogP contribution in [0.2, 0.25) is 0 Å². The predicted molar refractivity (Wildman–Crippen MR) is 82.3 cm³/mol. The smallest absolute Gasteiger partial charge is 0.218 e. The SMILES string of the molecule is c1ccc2sc(-c3ccc4c(n3)OCCNC4)cc2c1. The van der Waals surface area contributed by atoms with Gasteiger partial charge in [0.2, 0.25) is 5.88 Å². The summed E-state index contributed by atoms with van der Waals surface area (Å²) in [6.07, 6.45) is 0. The molecule has 2 aromatic heterocycles. The van der Waals surface area contributed by atoms with Gasteiger partial charge in [0, 0.05) is 23.4 Å². The van der Waals surface area contributed by atoms with Crippen LogP contribution in [0.5, 0.6) is 5.88 Å². The molecule has 4 rings (SSSR count). The number of benzene rings is 1. The van der Waals surface area contributed by atoms with Crippen LogP contribution in [0.3, 0.4) is 0 Å². The lowest BCUT2D eigenvalue weighted by molar-refractivity contribution is 0.314. The van der Waals surface area contributed by atoms with Crippen LogP contribution < -0.4 is 10.1 Å². The van der Waals surface area contributed by atoms with Gasteiger partial charge in [-0.3, -0.25) is 0 Å². The van der Waals surface area contributed by atoms with Gasteiger partial charge in [0.05, 0.1) is 10.6 Å². The van der Waals surface area contributed by atoms with Crippen molar-refractivity contribution in [3.05, 3.63) is 48.0 Å². The Morgan fingerprint density at radius 3 is 3.05 bits per heavy atom. The Balaban J connectivity index is 1.79. The van der Waals surface area contributed by atoms with Crippen LogP contribution in [-0.4, -0.2) is 18.1 Å². The van der Waals surface area contributed by atoms with E-state index in [0.717, 1.165) is 30.2 Å². The van der Waals surface area contributed by atoms with Crippen molar-refractivity contribution in [1.29, 1.82) is 0 Å². The summed E-state index contributed by atoms with van der Waals surface area (Å²) in [6, 6.07) is 14.8. The van der Waals surface area contributed by atoms with E-state index in [-0.39, 0.29) is 0 Å². The third-order valence-corrected chi connectivity index (χ3v) is 4.59. The van der Waals surface area contributed by atoms with E-state index in [1.165, 1.54) is 15.0 Å². The first-order valence-electron chi connectivity index (χ1n) is 6.72. The second-order valence-electron chi connectivity index (χ2n) is 4.83. The number of fused-ring (bicyclic) bond motifs is 2. The summed E-state index contributed by atoms with van der Waals surface area (Å²) in [5.74, 6) is 0.768. The first-order valence-corrected chi connectivity index (χ1v) is 7.54. The van der Waals surface area contributed by atoms with Crippen molar-refractivity contribution >= 4 is 21.4 Å². The molecule has 1 aromatic carbocycles. The van der Waals surface area contributed by atoms with Crippen molar-refractivity contribution in [2.75, 3.05) is 13.2 Å². The number of thiophene rings is 1. The minimum absolute atomic E-state index is 0.676. The van der Waals surface area contributed by atoms with Crippen molar-refractivity contribution in [2.24, 2.45) is 0 Å². The summed E-state index contributed by atoms with van der Waals surface area (Å²) >= 11 is 1.77. The molecule has 3 nitrogen and oxygen atoms in total. The molecule has 0 aliphatic carbocycles. The highest BCUT2D eigenvalue weighted by Crippen LogP contribution is 2.33. The van der Waals surface area contributed by atoms with Crippen molar-refractivity contribution in [3.63, 3.8) is 0 Å². The van der Waals surface area contributed by atoms with Gasteiger partial charge in [0.1, 0.15) is 6.61 Å². The lowest BCUT2D eigenvalue weighted by Crippen LogP contribution is -2.16. The quantitative estimate of drug-likeness (QED) is 0.742. The number of pyridine rings is 1. The highest BCUT2D eigenvalue weighted by atomic mass is 32.1. The van der Waals surface area contributed by atoms with E-state index in [0.29, 0.717) is 6.61 Å². The van der Waals surface area contributed by atoms with Crippen LogP contribution in [0.4, 0.5) is 0 Å². The van der Waals surface area contributed by atoms with Gasteiger partial charge in [-0.05, 0) is 23.6 Å². The zero-order chi connectivity index (χ0) is 13.4. The zero-order valence-corrected chi connectivity index (χ0v) is 11.7. The number of nitrogens with one attached hydrogen (secondary N) is 1. The van der Waals surface area contributed by atoms with Crippen LogP contribution in [0, 0.1) is 0 Å². The van der Waals surface area contributed by atoms with Crippen LogP contribution in [-0.2, 0) is 6.54 Å². The van der Waals surface area contributed by atoms with E-state index in [4.69, 9.17) is 4.74 Å². The zero-order valence-electron chi connectivity index (χ0n) is 10.9. The first-order chi connectivity index (χ1) is 9.90. The lowest BCUT2D eigenvalue weighted by Gasteiger charge is -2.06. The van der Waals surface area contributed by atoms with Crippen molar-refractivity contribution in [2.45, 2.75) is 6.54 Å². The molecule has 0 radical (unpaired) electrons. The molecule has 0 spiro atoms. The summed E-state index contributed by atoms with van der Waals surface area (Å²) in [5, 5.41) is 4.59. The molecule has 0 bridgehead atoms. The van der Waals surface area contributed by atoms with E-state index in [1.54, 1.807) is 11.3 Å².